The van der Waals surface area contributed by atoms with E-state index in [-0.39, 0.29) is 12.7 Å². The first-order valence-corrected chi connectivity index (χ1v) is 5.07. The van der Waals surface area contributed by atoms with Gasteiger partial charge in [0.1, 0.15) is 12.4 Å². The second kappa shape index (κ2) is 4.57. The molecule has 1 atom stereocenters. The molecule has 78 valence electrons. The molecule has 0 amide bonds. The van der Waals surface area contributed by atoms with Gasteiger partial charge in [-0.15, -0.1) is 0 Å². The van der Waals surface area contributed by atoms with Gasteiger partial charge in [-0.25, -0.2) is 4.98 Å². The van der Waals surface area contributed by atoms with Gasteiger partial charge in [0.25, 0.3) is 0 Å². The number of aromatic nitrogens is 1. The Hall–Kier alpha value is -0.870. The highest BCUT2D eigenvalue weighted by atomic mass is 16.5. The van der Waals surface area contributed by atoms with Crippen LogP contribution in [0.4, 0.5) is 0 Å². The molecule has 2 heterocycles. The number of ether oxygens (including phenoxy) is 1. The van der Waals surface area contributed by atoms with Crippen molar-refractivity contribution in [3.8, 4) is 0 Å². The molecule has 1 unspecified atom stereocenters. The standard InChI is InChI=1S/C10H15NO3/c12-5-4-8-7-14-10(11-8)9-3-1-2-6-13-9/h7,9,12H,1-6H2. The van der Waals surface area contributed by atoms with Crippen molar-refractivity contribution in [2.24, 2.45) is 0 Å². The van der Waals surface area contributed by atoms with Gasteiger partial charge in [0.05, 0.1) is 5.69 Å². The summed E-state index contributed by atoms with van der Waals surface area (Å²) in [4.78, 5) is 4.27. The molecule has 0 spiro atoms. The van der Waals surface area contributed by atoms with Crippen molar-refractivity contribution >= 4 is 0 Å². The Labute approximate surface area is 82.9 Å². The van der Waals surface area contributed by atoms with Crippen molar-refractivity contribution in [2.45, 2.75) is 31.8 Å². The SMILES string of the molecule is OCCc1coc(C2CCCCO2)n1. The molecule has 1 fully saturated rings. The molecule has 0 aromatic carbocycles. The van der Waals surface area contributed by atoms with Gasteiger partial charge in [-0.1, -0.05) is 0 Å². The largest absolute Gasteiger partial charge is 0.446 e. The van der Waals surface area contributed by atoms with Gasteiger partial charge >= 0.3 is 0 Å². The second-order valence-electron chi connectivity index (χ2n) is 3.51. The predicted molar refractivity (Wildman–Crippen MR) is 49.8 cm³/mol. The van der Waals surface area contributed by atoms with Gasteiger partial charge in [-0.05, 0) is 19.3 Å². The van der Waals surface area contributed by atoms with Crippen LogP contribution in [0, 0.1) is 0 Å². The van der Waals surface area contributed by atoms with E-state index in [9.17, 15) is 0 Å². The van der Waals surface area contributed by atoms with Gasteiger partial charge in [0, 0.05) is 19.6 Å². The summed E-state index contributed by atoms with van der Waals surface area (Å²) < 4.78 is 10.8. The van der Waals surface area contributed by atoms with Crippen molar-refractivity contribution < 1.29 is 14.3 Å². The topological polar surface area (TPSA) is 55.5 Å². The van der Waals surface area contributed by atoms with Crippen LogP contribution < -0.4 is 0 Å². The van der Waals surface area contributed by atoms with Gasteiger partial charge in [-0.2, -0.15) is 0 Å². The molecule has 0 aliphatic carbocycles. The summed E-state index contributed by atoms with van der Waals surface area (Å²) >= 11 is 0. The fraction of sp³-hybridized carbons (Fsp3) is 0.700. The molecular formula is C10H15NO3. The van der Waals surface area contributed by atoms with Crippen molar-refractivity contribution in [3.63, 3.8) is 0 Å². The highest BCUT2D eigenvalue weighted by Crippen LogP contribution is 2.26. The molecule has 1 aliphatic heterocycles. The van der Waals surface area contributed by atoms with Crippen LogP contribution in [0.2, 0.25) is 0 Å². The highest BCUT2D eigenvalue weighted by Gasteiger charge is 2.20. The van der Waals surface area contributed by atoms with Crippen molar-refractivity contribution in [1.82, 2.24) is 4.98 Å². The van der Waals surface area contributed by atoms with Crippen LogP contribution in [-0.4, -0.2) is 23.3 Å². The number of rotatable bonds is 3. The molecule has 1 aromatic heterocycles. The summed E-state index contributed by atoms with van der Waals surface area (Å²) in [6, 6.07) is 0. The number of oxazole rings is 1. The van der Waals surface area contributed by atoms with Crippen LogP contribution in [0.25, 0.3) is 0 Å². The lowest BCUT2D eigenvalue weighted by Crippen LogP contribution is -2.11. The van der Waals surface area contributed by atoms with E-state index in [1.807, 2.05) is 0 Å². The molecule has 0 bridgehead atoms. The zero-order valence-electron chi connectivity index (χ0n) is 8.11. The number of hydrogen-bond acceptors (Lipinski definition) is 4. The zero-order valence-corrected chi connectivity index (χ0v) is 8.11. The second-order valence-corrected chi connectivity index (χ2v) is 3.51. The molecule has 1 aliphatic rings. The quantitative estimate of drug-likeness (QED) is 0.796. The van der Waals surface area contributed by atoms with Crippen LogP contribution in [0.15, 0.2) is 10.7 Å². The maximum Gasteiger partial charge on any atom is 0.223 e. The molecule has 1 N–H and O–H groups in total. The maximum atomic E-state index is 8.73. The molecular weight excluding hydrogens is 182 g/mol. The molecule has 4 nitrogen and oxygen atoms in total. The fourth-order valence-electron chi connectivity index (χ4n) is 1.64. The van der Waals surface area contributed by atoms with Crippen LogP contribution in [0.5, 0.6) is 0 Å². The predicted octanol–water partition coefficient (Wildman–Crippen LogP) is 1.45. The van der Waals surface area contributed by atoms with Crippen LogP contribution in [-0.2, 0) is 11.2 Å². The molecule has 1 aromatic rings. The third-order valence-electron chi connectivity index (χ3n) is 2.39. The summed E-state index contributed by atoms with van der Waals surface area (Å²) in [7, 11) is 0. The van der Waals surface area contributed by atoms with E-state index in [0.717, 1.165) is 25.1 Å². The van der Waals surface area contributed by atoms with E-state index < -0.39 is 0 Å². The van der Waals surface area contributed by atoms with Gasteiger partial charge in [0.15, 0.2) is 0 Å². The van der Waals surface area contributed by atoms with E-state index in [0.29, 0.717) is 12.3 Å². The number of nitrogens with zero attached hydrogens (tertiary/aromatic N) is 1. The summed E-state index contributed by atoms with van der Waals surface area (Å²) in [6.45, 7) is 0.903. The monoisotopic (exact) mass is 197 g/mol. The van der Waals surface area contributed by atoms with Crippen molar-refractivity contribution in [2.75, 3.05) is 13.2 Å². The molecule has 2 rings (SSSR count). The summed E-state index contributed by atoms with van der Waals surface area (Å²) in [5.41, 5.74) is 0.802. The Bertz CT molecular complexity index is 279. The Morgan fingerprint density at radius 3 is 3.14 bits per heavy atom. The first-order valence-electron chi connectivity index (χ1n) is 5.07. The minimum atomic E-state index is 0.0243. The van der Waals surface area contributed by atoms with E-state index in [2.05, 4.69) is 4.98 Å². The molecule has 1 saturated heterocycles. The smallest absolute Gasteiger partial charge is 0.223 e. The zero-order chi connectivity index (χ0) is 9.80. The summed E-state index contributed by atoms with van der Waals surface area (Å²) in [6.07, 6.45) is 5.46. The summed E-state index contributed by atoms with van der Waals surface area (Å²) in [5, 5.41) is 8.73. The van der Waals surface area contributed by atoms with Crippen LogP contribution in [0.3, 0.4) is 0 Å². The Morgan fingerprint density at radius 1 is 1.50 bits per heavy atom. The lowest BCUT2D eigenvalue weighted by molar-refractivity contribution is -0.00149. The average molecular weight is 197 g/mol. The Kier molecular flexibility index (Phi) is 3.16. The first-order chi connectivity index (χ1) is 6.90. The molecule has 4 heteroatoms. The lowest BCUT2D eigenvalue weighted by Gasteiger charge is -2.19. The number of aliphatic hydroxyl groups excluding tert-OH is 1. The minimum absolute atomic E-state index is 0.0243. The maximum absolute atomic E-state index is 8.73. The third-order valence-corrected chi connectivity index (χ3v) is 2.39. The first kappa shape index (κ1) is 9.68. The van der Waals surface area contributed by atoms with E-state index in [4.69, 9.17) is 14.3 Å². The third kappa shape index (κ3) is 2.13. The van der Waals surface area contributed by atoms with E-state index in [1.165, 1.54) is 6.42 Å². The Morgan fingerprint density at radius 2 is 2.43 bits per heavy atom. The summed E-state index contributed by atoms with van der Waals surface area (Å²) in [5.74, 6) is 0.660. The number of hydrogen-bond donors (Lipinski definition) is 1. The van der Waals surface area contributed by atoms with Gasteiger partial charge < -0.3 is 14.3 Å². The van der Waals surface area contributed by atoms with Gasteiger partial charge in [0.2, 0.25) is 5.89 Å². The fourth-order valence-corrected chi connectivity index (χ4v) is 1.64. The van der Waals surface area contributed by atoms with Crippen LogP contribution in [0.1, 0.15) is 37.0 Å². The van der Waals surface area contributed by atoms with Crippen LogP contribution >= 0.6 is 0 Å². The van der Waals surface area contributed by atoms with Crippen molar-refractivity contribution in [3.05, 3.63) is 17.8 Å². The molecule has 0 saturated carbocycles. The Balaban J connectivity index is 2.00. The molecule has 14 heavy (non-hydrogen) atoms. The van der Waals surface area contributed by atoms with Crippen molar-refractivity contribution in [1.29, 1.82) is 0 Å². The van der Waals surface area contributed by atoms with Gasteiger partial charge in [-0.3, -0.25) is 0 Å². The molecule has 0 radical (unpaired) electrons. The van der Waals surface area contributed by atoms with E-state index >= 15 is 0 Å². The lowest BCUT2D eigenvalue weighted by atomic mass is 10.1. The average Bonchev–Trinajstić information content (AvgIpc) is 2.68. The minimum Gasteiger partial charge on any atom is -0.446 e. The number of aliphatic hydroxyl groups is 1. The normalized spacial score (nSPS) is 22.5. The highest BCUT2D eigenvalue weighted by molar-refractivity contribution is 4.99. The van der Waals surface area contributed by atoms with E-state index in [1.54, 1.807) is 6.26 Å².